The Labute approximate surface area is 160 Å². The summed E-state index contributed by atoms with van der Waals surface area (Å²) in [6, 6.07) is 0. The fourth-order valence-corrected chi connectivity index (χ4v) is 0.333. The van der Waals surface area contributed by atoms with E-state index in [1.807, 2.05) is 0 Å². The van der Waals surface area contributed by atoms with Crippen molar-refractivity contribution in [3.63, 3.8) is 0 Å². The van der Waals surface area contributed by atoms with Gasteiger partial charge in [0.05, 0.1) is 6.17 Å². The van der Waals surface area contributed by atoms with E-state index < -0.39 is 23.9 Å². The SMILES string of the molecule is CC(=O)O.CC(=O)O.CC(=O)O.CC(=O)O.CCCC(N)N.N.N.[Zn]. The van der Waals surface area contributed by atoms with Crippen molar-refractivity contribution in [2.45, 2.75) is 53.6 Å². The monoisotopic (exact) mass is 426 g/mol. The molecule has 0 aromatic heterocycles. The molecule has 152 valence electrons. The molecule has 14 N–H and O–H groups in total. The van der Waals surface area contributed by atoms with Crippen LogP contribution in [0, 0.1) is 0 Å². The molecule has 0 atom stereocenters. The van der Waals surface area contributed by atoms with Crippen LogP contribution in [0.3, 0.4) is 0 Å². The summed E-state index contributed by atoms with van der Waals surface area (Å²) in [5.74, 6) is -3.33. The van der Waals surface area contributed by atoms with Crippen molar-refractivity contribution in [3.05, 3.63) is 0 Å². The van der Waals surface area contributed by atoms with Gasteiger partial charge in [0.2, 0.25) is 0 Å². The molecule has 0 bridgehead atoms. The predicted octanol–water partition coefficient (Wildman–Crippen LogP) is 0.715. The van der Waals surface area contributed by atoms with E-state index in [-0.39, 0.29) is 37.9 Å². The van der Waals surface area contributed by atoms with E-state index >= 15 is 0 Å². The average molecular weight is 428 g/mol. The van der Waals surface area contributed by atoms with Crippen molar-refractivity contribution in [3.8, 4) is 0 Å². The Balaban J connectivity index is -0.0000000236. The van der Waals surface area contributed by atoms with E-state index in [9.17, 15) is 0 Å². The summed E-state index contributed by atoms with van der Waals surface area (Å²) in [6.45, 7) is 6.40. The van der Waals surface area contributed by atoms with Crippen molar-refractivity contribution >= 4 is 23.9 Å². The molecule has 0 aromatic carbocycles. The van der Waals surface area contributed by atoms with Crippen LogP contribution in [0.2, 0.25) is 0 Å². The van der Waals surface area contributed by atoms with E-state index in [1.54, 1.807) is 0 Å². The Bertz CT molecular complexity index is 241. The van der Waals surface area contributed by atoms with Crippen LogP contribution in [0.5, 0.6) is 0 Å². The van der Waals surface area contributed by atoms with Crippen LogP contribution < -0.4 is 23.8 Å². The van der Waals surface area contributed by atoms with E-state index in [0.29, 0.717) is 0 Å². The van der Waals surface area contributed by atoms with E-state index in [4.69, 9.17) is 51.1 Å². The van der Waals surface area contributed by atoms with Crippen molar-refractivity contribution in [2.75, 3.05) is 0 Å². The molecule has 0 aliphatic heterocycles. The molecule has 0 spiro atoms. The summed E-state index contributed by atoms with van der Waals surface area (Å²) in [7, 11) is 0. The number of carboxylic acids is 4. The molecule has 0 saturated carbocycles. The number of hydrogen-bond acceptors (Lipinski definition) is 8. The minimum Gasteiger partial charge on any atom is -0.481 e. The van der Waals surface area contributed by atoms with Crippen LogP contribution in [-0.2, 0) is 38.7 Å². The first kappa shape index (κ1) is 49.5. The van der Waals surface area contributed by atoms with Crippen LogP contribution in [-0.4, -0.2) is 50.5 Å². The third-order valence-corrected chi connectivity index (χ3v) is 0.622. The molecule has 0 saturated heterocycles. The number of rotatable bonds is 2. The van der Waals surface area contributed by atoms with E-state index in [0.717, 1.165) is 40.5 Å². The van der Waals surface area contributed by atoms with Gasteiger partial charge in [-0.3, -0.25) is 19.2 Å². The molecule has 0 aliphatic carbocycles. The summed E-state index contributed by atoms with van der Waals surface area (Å²) in [4.78, 5) is 36.0. The summed E-state index contributed by atoms with van der Waals surface area (Å²) >= 11 is 0. The van der Waals surface area contributed by atoms with Gasteiger partial charge in [0.25, 0.3) is 23.9 Å². The molecule has 12 nitrogen and oxygen atoms in total. The number of carboxylic acid groups (broad SMARTS) is 4. The quantitative estimate of drug-likeness (QED) is 0.223. The van der Waals surface area contributed by atoms with E-state index in [2.05, 4.69) is 6.92 Å². The molecular weight excluding hydrogens is 394 g/mol. The summed E-state index contributed by atoms with van der Waals surface area (Å²) in [6.07, 6.45) is 1.91. The summed E-state index contributed by atoms with van der Waals surface area (Å²) < 4.78 is 0. The van der Waals surface area contributed by atoms with Gasteiger partial charge in [-0.1, -0.05) is 13.3 Å². The number of nitrogens with two attached hydrogens (primary N) is 2. The first-order valence-electron chi connectivity index (χ1n) is 5.99. The van der Waals surface area contributed by atoms with Crippen LogP contribution in [0.4, 0.5) is 0 Å². The third kappa shape index (κ3) is 5120. The molecule has 0 aromatic rings. The van der Waals surface area contributed by atoms with Crippen LogP contribution in [0.1, 0.15) is 47.5 Å². The van der Waals surface area contributed by atoms with Gasteiger partial charge >= 0.3 is 0 Å². The van der Waals surface area contributed by atoms with Crippen molar-refractivity contribution in [2.24, 2.45) is 11.5 Å². The zero-order valence-electron chi connectivity index (χ0n) is 15.7. The van der Waals surface area contributed by atoms with Gasteiger partial charge in [-0.2, -0.15) is 0 Å². The fraction of sp³-hybridized carbons (Fsp3) is 0.667. The molecule has 0 fully saturated rings. The third-order valence-electron chi connectivity index (χ3n) is 0.622. The molecule has 0 radical (unpaired) electrons. The molecule has 0 unspecified atom stereocenters. The van der Waals surface area contributed by atoms with Crippen molar-refractivity contribution < 1.29 is 59.1 Å². The van der Waals surface area contributed by atoms with Crippen molar-refractivity contribution in [1.29, 1.82) is 0 Å². The van der Waals surface area contributed by atoms with Crippen LogP contribution >= 0.6 is 0 Å². The summed E-state index contributed by atoms with van der Waals surface area (Å²) in [5.41, 5.74) is 10.4. The Morgan fingerprint density at radius 1 is 0.720 bits per heavy atom. The largest absolute Gasteiger partial charge is 0.481 e. The molecule has 13 heteroatoms. The van der Waals surface area contributed by atoms with Gasteiger partial charge < -0.3 is 44.2 Å². The molecule has 0 amide bonds. The molecule has 25 heavy (non-hydrogen) atoms. The summed E-state index contributed by atoms with van der Waals surface area (Å²) in [5, 5.41) is 29.7. The maximum absolute atomic E-state index is 9.00. The number of carbonyl (C=O) groups is 4. The first-order chi connectivity index (χ1) is 9.70. The maximum Gasteiger partial charge on any atom is 0.300 e. The van der Waals surface area contributed by atoms with Crippen LogP contribution in [0.25, 0.3) is 0 Å². The second kappa shape index (κ2) is 43.2. The minimum atomic E-state index is -0.833. The Kier molecular flexibility index (Phi) is 85.6. The fourth-order valence-electron chi connectivity index (χ4n) is 0.333. The number of aliphatic carboxylic acids is 4. The molecular formula is C12H34N4O8Zn. The van der Waals surface area contributed by atoms with Gasteiger partial charge in [-0.15, -0.1) is 0 Å². The Hall–Kier alpha value is -1.66. The van der Waals surface area contributed by atoms with Crippen LogP contribution in [0.15, 0.2) is 0 Å². The second-order valence-corrected chi connectivity index (χ2v) is 3.53. The zero-order chi connectivity index (χ0) is 19.3. The molecule has 0 aliphatic rings. The van der Waals surface area contributed by atoms with Gasteiger partial charge in [-0.05, 0) is 6.42 Å². The van der Waals surface area contributed by atoms with Gasteiger partial charge in [0.15, 0.2) is 0 Å². The topological polar surface area (TPSA) is 271 Å². The maximum atomic E-state index is 9.00. The Morgan fingerprint density at radius 2 is 0.840 bits per heavy atom. The second-order valence-electron chi connectivity index (χ2n) is 3.53. The zero-order valence-corrected chi connectivity index (χ0v) is 18.7. The normalized spacial score (nSPS) is 6.40. The average Bonchev–Trinajstić information content (AvgIpc) is 2.12. The smallest absolute Gasteiger partial charge is 0.300 e. The van der Waals surface area contributed by atoms with Crippen molar-refractivity contribution in [1.82, 2.24) is 12.3 Å². The standard InChI is InChI=1S/C4H12N2.4C2H4O2.2H3N.Zn/c1-2-3-4(5)6;4*1-2(3)4;;;/h4H,2-3,5-6H2,1H3;4*1H3,(H,3,4);2*1H3;. The molecule has 0 rings (SSSR count). The Morgan fingerprint density at radius 3 is 0.840 bits per heavy atom. The predicted molar refractivity (Wildman–Crippen MR) is 90.4 cm³/mol. The van der Waals surface area contributed by atoms with Gasteiger partial charge in [-0.25, -0.2) is 0 Å². The first-order valence-corrected chi connectivity index (χ1v) is 5.99. The van der Waals surface area contributed by atoms with Gasteiger partial charge in [0, 0.05) is 47.2 Å². The van der Waals surface area contributed by atoms with E-state index in [1.165, 1.54) is 0 Å². The minimum absolute atomic E-state index is 0. The molecule has 0 heterocycles. The van der Waals surface area contributed by atoms with Gasteiger partial charge in [0.1, 0.15) is 0 Å². The number of hydrogen-bond donors (Lipinski definition) is 8.